The van der Waals surface area contributed by atoms with Gasteiger partial charge in [-0.25, -0.2) is 4.98 Å². The number of unbranched alkanes of at least 4 members (excludes halogenated alkanes) is 4. The maximum Gasteiger partial charge on any atom is 0.144 e. The molecular formula is C14H25N3O. The van der Waals surface area contributed by atoms with E-state index in [1.165, 1.54) is 25.7 Å². The molecule has 0 atom stereocenters. The molecule has 0 spiro atoms. The molecule has 1 rings (SSSR count). The van der Waals surface area contributed by atoms with E-state index in [2.05, 4.69) is 22.2 Å². The van der Waals surface area contributed by atoms with Crippen LogP contribution in [0.1, 0.15) is 51.6 Å². The predicted octanol–water partition coefficient (Wildman–Crippen LogP) is 3.40. The van der Waals surface area contributed by atoms with Crippen LogP contribution in [-0.2, 0) is 11.3 Å². The molecular weight excluding hydrogens is 226 g/mol. The molecule has 102 valence electrons. The van der Waals surface area contributed by atoms with E-state index >= 15 is 0 Å². The van der Waals surface area contributed by atoms with Crippen molar-refractivity contribution in [2.24, 2.45) is 0 Å². The molecule has 0 saturated heterocycles. The van der Waals surface area contributed by atoms with Gasteiger partial charge in [-0.3, -0.25) is 4.98 Å². The molecule has 4 heteroatoms. The van der Waals surface area contributed by atoms with Crippen LogP contribution in [0.15, 0.2) is 12.4 Å². The Kier molecular flexibility index (Phi) is 8.13. The van der Waals surface area contributed by atoms with Gasteiger partial charge in [0.25, 0.3) is 0 Å². The summed E-state index contributed by atoms with van der Waals surface area (Å²) in [5, 5.41) is 3.12. The van der Waals surface area contributed by atoms with Gasteiger partial charge < -0.3 is 10.1 Å². The van der Waals surface area contributed by atoms with Crippen LogP contribution in [-0.4, -0.2) is 23.1 Å². The van der Waals surface area contributed by atoms with Crippen molar-refractivity contribution < 1.29 is 4.74 Å². The van der Waals surface area contributed by atoms with E-state index in [1.807, 2.05) is 6.92 Å². The number of nitrogens with zero attached hydrogens (tertiary/aromatic N) is 2. The third-order valence-electron chi connectivity index (χ3n) is 2.71. The zero-order valence-electron chi connectivity index (χ0n) is 11.6. The molecule has 1 aromatic rings. The molecule has 1 aromatic heterocycles. The average Bonchev–Trinajstić information content (AvgIpc) is 2.40. The lowest BCUT2D eigenvalue weighted by Gasteiger charge is -2.05. The first kappa shape index (κ1) is 14.9. The zero-order chi connectivity index (χ0) is 13.1. The van der Waals surface area contributed by atoms with Crippen LogP contribution < -0.4 is 5.32 Å². The second kappa shape index (κ2) is 9.83. The Hall–Kier alpha value is -1.16. The lowest BCUT2D eigenvalue weighted by Crippen LogP contribution is -2.02. The third-order valence-corrected chi connectivity index (χ3v) is 2.71. The summed E-state index contributed by atoms with van der Waals surface area (Å²) in [4.78, 5) is 8.55. The minimum atomic E-state index is 0.563. The Morgan fingerprint density at radius 3 is 2.56 bits per heavy atom. The highest BCUT2D eigenvalue weighted by Gasteiger charge is 1.97. The maximum absolute atomic E-state index is 5.58. The molecule has 0 bridgehead atoms. The highest BCUT2D eigenvalue weighted by molar-refractivity contribution is 5.30. The number of rotatable bonds is 10. The van der Waals surface area contributed by atoms with Crippen molar-refractivity contribution in [2.45, 2.75) is 52.6 Å². The first-order valence-corrected chi connectivity index (χ1v) is 6.99. The fourth-order valence-electron chi connectivity index (χ4n) is 1.69. The molecule has 18 heavy (non-hydrogen) atoms. The van der Waals surface area contributed by atoms with Crippen LogP contribution in [0.5, 0.6) is 0 Å². The topological polar surface area (TPSA) is 47.0 Å². The highest BCUT2D eigenvalue weighted by atomic mass is 16.5. The molecule has 0 aromatic carbocycles. The van der Waals surface area contributed by atoms with E-state index in [4.69, 9.17) is 4.74 Å². The van der Waals surface area contributed by atoms with Crippen LogP contribution in [0, 0.1) is 0 Å². The summed E-state index contributed by atoms with van der Waals surface area (Å²) in [5.74, 6) is 0.820. The quantitative estimate of drug-likeness (QED) is 0.647. The molecule has 4 nitrogen and oxygen atoms in total. The van der Waals surface area contributed by atoms with Crippen LogP contribution >= 0.6 is 0 Å². The lowest BCUT2D eigenvalue weighted by molar-refractivity contribution is 0.114. The fourth-order valence-corrected chi connectivity index (χ4v) is 1.69. The molecule has 0 fully saturated rings. The fraction of sp³-hybridized carbons (Fsp3) is 0.714. The molecule has 1 N–H and O–H groups in total. The van der Waals surface area contributed by atoms with Gasteiger partial charge in [0.15, 0.2) is 0 Å². The Bertz CT molecular complexity index is 300. The number of anilines is 1. The van der Waals surface area contributed by atoms with Crippen molar-refractivity contribution in [3.63, 3.8) is 0 Å². The molecule has 0 aliphatic carbocycles. The van der Waals surface area contributed by atoms with Gasteiger partial charge in [-0.15, -0.1) is 0 Å². The van der Waals surface area contributed by atoms with Crippen molar-refractivity contribution in [3.8, 4) is 0 Å². The highest BCUT2D eigenvalue weighted by Crippen LogP contribution is 2.05. The SMILES string of the molecule is CCCCCCCOCc1cnc(NCC)cn1. The van der Waals surface area contributed by atoms with Crippen molar-refractivity contribution in [2.75, 3.05) is 18.5 Å². The first-order valence-electron chi connectivity index (χ1n) is 6.99. The van der Waals surface area contributed by atoms with Crippen molar-refractivity contribution in [1.82, 2.24) is 9.97 Å². The van der Waals surface area contributed by atoms with Crippen molar-refractivity contribution in [1.29, 1.82) is 0 Å². The molecule has 0 radical (unpaired) electrons. The average molecular weight is 251 g/mol. The molecule has 1 heterocycles. The Labute approximate surface area is 110 Å². The monoisotopic (exact) mass is 251 g/mol. The lowest BCUT2D eigenvalue weighted by atomic mass is 10.2. The van der Waals surface area contributed by atoms with Gasteiger partial charge in [0, 0.05) is 13.2 Å². The van der Waals surface area contributed by atoms with Gasteiger partial charge in [-0.1, -0.05) is 32.6 Å². The summed E-state index contributed by atoms with van der Waals surface area (Å²) >= 11 is 0. The first-order chi connectivity index (χ1) is 8.86. The van der Waals surface area contributed by atoms with Crippen LogP contribution in [0.25, 0.3) is 0 Å². The molecule has 0 saturated carbocycles. The number of nitrogens with one attached hydrogen (secondary N) is 1. The minimum Gasteiger partial charge on any atom is -0.375 e. The summed E-state index contributed by atoms with van der Waals surface area (Å²) in [5.41, 5.74) is 0.894. The van der Waals surface area contributed by atoms with E-state index in [0.29, 0.717) is 6.61 Å². The number of hydrogen-bond donors (Lipinski definition) is 1. The van der Waals surface area contributed by atoms with Gasteiger partial charge >= 0.3 is 0 Å². The number of ether oxygens (including phenoxy) is 1. The summed E-state index contributed by atoms with van der Waals surface area (Å²) in [6.45, 7) is 6.51. The molecule has 0 aliphatic heterocycles. The van der Waals surface area contributed by atoms with Crippen LogP contribution in [0.4, 0.5) is 5.82 Å². The van der Waals surface area contributed by atoms with Gasteiger partial charge in [0.1, 0.15) is 5.82 Å². The summed E-state index contributed by atoms with van der Waals surface area (Å²) in [6, 6.07) is 0. The third kappa shape index (κ3) is 6.55. The van der Waals surface area contributed by atoms with E-state index in [0.717, 1.165) is 31.1 Å². The normalized spacial score (nSPS) is 10.6. The second-order valence-corrected chi connectivity index (χ2v) is 4.39. The smallest absolute Gasteiger partial charge is 0.144 e. The van der Waals surface area contributed by atoms with E-state index in [-0.39, 0.29) is 0 Å². The molecule has 0 amide bonds. The Morgan fingerprint density at radius 2 is 1.89 bits per heavy atom. The summed E-state index contributed by atoms with van der Waals surface area (Å²) < 4.78 is 5.58. The maximum atomic E-state index is 5.58. The summed E-state index contributed by atoms with van der Waals surface area (Å²) in [6.07, 6.45) is 9.86. The predicted molar refractivity (Wildman–Crippen MR) is 74.6 cm³/mol. The molecule has 0 unspecified atom stereocenters. The van der Waals surface area contributed by atoms with Crippen LogP contribution in [0.2, 0.25) is 0 Å². The minimum absolute atomic E-state index is 0.563. The van der Waals surface area contributed by atoms with Crippen molar-refractivity contribution >= 4 is 5.82 Å². The Morgan fingerprint density at radius 1 is 1.06 bits per heavy atom. The Balaban J connectivity index is 2.08. The van der Waals surface area contributed by atoms with Gasteiger partial charge in [-0.2, -0.15) is 0 Å². The second-order valence-electron chi connectivity index (χ2n) is 4.39. The van der Waals surface area contributed by atoms with E-state index in [1.54, 1.807) is 12.4 Å². The van der Waals surface area contributed by atoms with Crippen LogP contribution in [0.3, 0.4) is 0 Å². The number of hydrogen-bond acceptors (Lipinski definition) is 4. The summed E-state index contributed by atoms with van der Waals surface area (Å²) in [7, 11) is 0. The number of aromatic nitrogens is 2. The van der Waals surface area contributed by atoms with E-state index in [9.17, 15) is 0 Å². The largest absolute Gasteiger partial charge is 0.375 e. The van der Waals surface area contributed by atoms with Gasteiger partial charge in [0.2, 0.25) is 0 Å². The molecule has 0 aliphatic rings. The zero-order valence-corrected chi connectivity index (χ0v) is 11.6. The van der Waals surface area contributed by atoms with Gasteiger partial charge in [0.05, 0.1) is 24.7 Å². The standard InChI is InChI=1S/C14H25N3O/c1-3-5-6-7-8-9-18-12-13-10-17-14(11-16-13)15-4-2/h10-11H,3-9,12H2,1-2H3,(H,15,17). The van der Waals surface area contributed by atoms with Crippen molar-refractivity contribution in [3.05, 3.63) is 18.1 Å². The van der Waals surface area contributed by atoms with Gasteiger partial charge in [-0.05, 0) is 13.3 Å². The van der Waals surface area contributed by atoms with E-state index < -0.39 is 0 Å².